The zero-order valence-electron chi connectivity index (χ0n) is 15.4. The van der Waals surface area contributed by atoms with Crippen molar-refractivity contribution in [3.8, 4) is 0 Å². The van der Waals surface area contributed by atoms with Crippen LogP contribution in [-0.4, -0.2) is 32.3 Å². The largest absolute Gasteiger partial charge is 0.468 e. The summed E-state index contributed by atoms with van der Waals surface area (Å²) in [5.41, 5.74) is -0.269. The number of furan rings is 1. The summed E-state index contributed by atoms with van der Waals surface area (Å²) in [6.45, 7) is 5.28. The molecule has 0 aliphatic carbocycles. The molecule has 0 spiro atoms. The molecule has 0 aliphatic rings. The maximum atomic E-state index is 12.4. The number of rotatable bonds is 7. The fourth-order valence-corrected chi connectivity index (χ4v) is 3.23. The van der Waals surface area contributed by atoms with Gasteiger partial charge in [0.1, 0.15) is 5.76 Å². The Bertz CT molecular complexity index is 899. The van der Waals surface area contributed by atoms with Crippen LogP contribution in [0.2, 0.25) is 0 Å². The molecule has 2 amide bonds. The van der Waals surface area contributed by atoms with E-state index < -0.39 is 21.5 Å². The maximum absolute atomic E-state index is 12.4. The quantitative estimate of drug-likeness (QED) is 0.657. The maximum Gasteiger partial charge on any atom is 0.251 e. The van der Waals surface area contributed by atoms with Crippen LogP contribution in [0.5, 0.6) is 0 Å². The Hall–Kier alpha value is -2.65. The van der Waals surface area contributed by atoms with Crippen molar-refractivity contribution in [2.45, 2.75) is 37.8 Å². The van der Waals surface area contributed by atoms with Gasteiger partial charge >= 0.3 is 0 Å². The van der Waals surface area contributed by atoms with E-state index in [1.165, 1.54) is 30.5 Å². The second kappa shape index (κ2) is 8.36. The molecule has 1 aromatic carbocycles. The van der Waals surface area contributed by atoms with Gasteiger partial charge in [-0.3, -0.25) is 9.59 Å². The lowest BCUT2D eigenvalue weighted by atomic mass is 10.1. The Kier molecular flexibility index (Phi) is 6.40. The van der Waals surface area contributed by atoms with Crippen LogP contribution in [0.4, 0.5) is 0 Å². The third kappa shape index (κ3) is 6.54. The van der Waals surface area contributed by atoms with E-state index in [4.69, 9.17) is 4.42 Å². The molecule has 2 aromatic rings. The van der Waals surface area contributed by atoms with Crippen LogP contribution in [0, 0.1) is 0 Å². The van der Waals surface area contributed by atoms with E-state index in [0.29, 0.717) is 5.76 Å². The molecular weight excluding hydrogens is 370 g/mol. The molecule has 2 rings (SSSR count). The van der Waals surface area contributed by atoms with Crippen LogP contribution < -0.4 is 15.4 Å². The molecule has 1 aromatic heterocycles. The van der Waals surface area contributed by atoms with E-state index in [0.717, 1.165) is 0 Å². The standard InChI is InChI=1S/C18H23N3O5S/c1-18(2,3)21-16(22)12-19-17(23)13-6-4-8-15(10-13)27(24,25)20-11-14-7-5-9-26-14/h4-10,20H,11-12H2,1-3H3,(H,19,23)(H,21,22). The van der Waals surface area contributed by atoms with Crippen molar-refractivity contribution >= 4 is 21.8 Å². The van der Waals surface area contributed by atoms with Gasteiger partial charge in [0.05, 0.1) is 24.2 Å². The number of sulfonamides is 1. The predicted octanol–water partition coefficient (Wildman–Crippen LogP) is 1.40. The van der Waals surface area contributed by atoms with Crippen LogP contribution in [0.15, 0.2) is 52.0 Å². The SMILES string of the molecule is CC(C)(C)NC(=O)CNC(=O)c1cccc(S(=O)(=O)NCc2ccco2)c1. The summed E-state index contributed by atoms with van der Waals surface area (Å²) in [6.07, 6.45) is 1.45. The Morgan fingerprint density at radius 2 is 1.85 bits per heavy atom. The minimum atomic E-state index is -3.82. The van der Waals surface area contributed by atoms with Gasteiger partial charge in [-0.2, -0.15) is 0 Å². The fourth-order valence-electron chi connectivity index (χ4n) is 2.19. The van der Waals surface area contributed by atoms with Gasteiger partial charge in [0, 0.05) is 11.1 Å². The van der Waals surface area contributed by atoms with Crippen molar-refractivity contribution in [3.63, 3.8) is 0 Å². The predicted molar refractivity (Wildman–Crippen MR) is 99.4 cm³/mol. The summed E-state index contributed by atoms with van der Waals surface area (Å²) in [5, 5.41) is 5.20. The highest BCUT2D eigenvalue weighted by Crippen LogP contribution is 2.12. The number of amides is 2. The van der Waals surface area contributed by atoms with Gasteiger partial charge in [0.15, 0.2) is 0 Å². The van der Waals surface area contributed by atoms with E-state index in [1.807, 2.05) is 20.8 Å². The zero-order valence-corrected chi connectivity index (χ0v) is 16.2. The number of nitrogens with one attached hydrogen (secondary N) is 3. The first-order chi connectivity index (χ1) is 12.6. The van der Waals surface area contributed by atoms with Crippen LogP contribution in [-0.2, 0) is 21.4 Å². The lowest BCUT2D eigenvalue weighted by Crippen LogP contribution is -2.45. The number of hydrogen-bond acceptors (Lipinski definition) is 5. The summed E-state index contributed by atoms with van der Waals surface area (Å²) in [4.78, 5) is 23.9. The van der Waals surface area contributed by atoms with Gasteiger partial charge in [0.25, 0.3) is 5.91 Å². The van der Waals surface area contributed by atoms with E-state index in [1.54, 1.807) is 12.1 Å². The molecule has 3 N–H and O–H groups in total. The van der Waals surface area contributed by atoms with E-state index in [-0.39, 0.29) is 29.5 Å². The highest BCUT2D eigenvalue weighted by atomic mass is 32.2. The molecule has 0 fully saturated rings. The lowest BCUT2D eigenvalue weighted by Gasteiger charge is -2.20. The Balaban J connectivity index is 2.01. The average molecular weight is 393 g/mol. The first-order valence-electron chi connectivity index (χ1n) is 8.28. The molecule has 0 atom stereocenters. The van der Waals surface area contributed by atoms with Gasteiger partial charge in [0.2, 0.25) is 15.9 Å². The minimum absolute atomic E-state index is 0.00126. The molecular formula is C18H23N3O5S. The molecule has 0 bridgehead atoms. The molecule has 0 radical (unpaired) electrons. The second-order valence-corrected chi connectivity index (χ2v) is 8.68. The van der Waals surface area contributed by atoms with Gasteiger partial charge in [-0.25, -0.2) is 13.1 Å². The van der Waals surface area contributed by atoms with Crippen LogP contribution in [0.3, 0.4) is 0 Å². The smallest absolute Gasteiger partial charge is 0.251 e. The van der Waals surface area contributed by atoms with Crippen LogP contribution >= 0.6 is 0 Å². The zero-order chi connectivity index (χ0) is 20.1. The molecule has 27 heavy (non-hydrogen) atoms. The normalized spacial score (nSPS) is 11.8. The van der Waals surface area contributed by atoms with Gasteiger partial charge in [-0.1, -0.05) is 6.07 Å². The number of carbonyl (C=O) groups is 2. The van der Waals surface area contributed by atoms with Gasteiger partial charge in [-0.05, 0) is 51.1 Å². The summed E-state index contributed by atoms with van der Waals surface area (Å²) < 4.78 is 32.2. The molecule has 0 saturated carbocycles. The van der Waals surface area contributed by atoms with Crippen molar-refractivity contribution in [2.24, 2.45) is 0 Å². The first kappa shape index (κ1) is 20.7. The van der Waals surface area contributed by atoms with Crippen molar-refractivity contribution in [3.05, 3.63) is 54.0 Å². The molecule has 146 valence electrons. The summed E-state index contributed by atoms with van der Waals surface area (Å²) >= 11 is 0. The molecule has 8 nitrogen and oxygen atoms in total. The Morgan fingerprint density at radius 3 is 2.48 bits per heavy atom. The van der Waals surface area contributed by atoms with E-state index in [9.17, 15) is 18.0 Å². The summed E-state index contributed by atoms with van der Waals surface area (Å²) in [7, 11) is -3.82. The Labute approximate surface area is 158 Å². The van der Waals surface area contributed by atoms with E-state index >= 15 is 0 Å². The molecule has 9 heteroatoms. The van der Waals surface area contributed by atoms with Crippen molar-refractivity contribution < 1.29 is 22.4 Å². The second-order valence-electron chi connectivity index (χ2n) is 6.91. The van der Waals surface area contributed by atoms with Crippen LogP contribution in [0.1, 0.15) is 36.9 Å². The van der Waals surface area contributed by atoms with Crippen molar-refractivity contribution in [1.82, 2.24) is 15.4 Å². The van der Waals surface area contributed by atoms with Gasteiger partial charge < -0.3 is 15.1 Å². The summed E-state index contributed by atoms with van der Waals surface area (Å²) in [6, 6.07) is 8.88. The molecule has 0 saturated heterocycles. The molecule has 0 unspecified atom stereocenters. The summed E-state index contributed by atoms with van der Waals surface area (Å²) in [5.74, 6) is -0.404. The van der Waals surface area contributed by atoms with Crippen molar-refractivity contribution in [2.75, 3.05) is 6.54 Å². The minimum Gasteiger partial charge on any atom is -0.468 e. The van der Waals surface area contributed by atoms with Crippen LogP contribution in [0.25, 0.3) is 0 Å². The molecule has 0 aliphatic heterocycles. The third-order valence-corrected chi connectivity index (χ3v) is 4.75. The molecule has 1 heterocycles. The van der Waals surface area contributed by atoms with E-state index in [2.05, 4.69) is 15.4 Å². The third-order valence-electron chi connectivity index (χ3n) is 3.35. The number of benzene rings is 1. The highest BCUT2D eigenvalue weighted by Gasteiger charge is 2.18. The average Bonchev–Trinajstić information content (AvgIpc) is 3.10. The van der Waals surface area contributed by atoms with Crippen molar-refractivity contribution in [1.29, 1.82) is 0 Å². The highest BCUT2D eigenvalue weighted by molar-refractivity contribution is 7.89. The first-order valence-corrected chi connectivity index (χ1v) is 9.76. The number of carbonyl (C=O) groups excluding carboxylic acids is 2. The fraction of sp³-hybridized carbons (Fsp3) is 0.333. The lowest BCUT2D eigenvalue weighted by molar-refractivity contribution is -0.121. The Morgan fingerprint density at radius 1 is 1.11 bits per heavy atom. The van der Waals surface area contributed by atoms with Gasteiger partial charge in [-0.15, -0.1) is 0 Å². The topological polar surface area (TPSA) is 118 Å². The monoisotopic (exact) mass is 393 g/mol. The number of hydrogen-bond donors (Lipinski definition) is 3.